The smallest absolute Gasteiger partial charge is 0.303 e. The fraction of sp³-hybridized carbons (Fsp3) is 0.667. The molecule has 6 heavy (non-hydrogen) atoms. The summed E-state index contributed by atoms with van der Waals surface area (Å²) in [6, 6.07) is 0. The SMILES string of the molecule is CCC(=O)O.[Sb]. The molecular weight excluding hydrogens is 190 g/mol. The van der Waals surface area contributed by atoms with Gasteiger partial charge in [-0.3, -0.25) is 4.79 Å². The molecule has 0 aromatic carbocycles. The number of rotatable bonds is 1. The first-order chi connectivity index (χ1) is 2.27. The number of hydrogen-bond acceptors (Lipinski definition) is 1. The van der Waals surface area contributed by atoms with E-state index in [1.54, 1.807) is 6.92 Å². The Balaban J connectivity index is 0. The fourth-order valence-corrected chi connectivity index (χ4v) is 0. The number of carboxylic acids is 1. The number of aliphatic carboxylic acids is 1. The molecule has 0 bridgehead atoms. The summed E-state index contributed by atoms with van der Waals surface area (Å²) in [7, 11) is 0. The molecule has 3 heteroatoms. The Hall–Kier alpha value is 0.288. The molecule has 0 aromatic rings. The minimum Gasteiger partial charge on any atom is -0.481 e. The third kappa shape index (κ3) is 8.86. The van der Waals surface area contributed by atoms with Crippen LogP contribution >= 0.6 is 0 Å². The summed E-state index contributed by atoms with van der Waals surface area (Å²) in [5, 5.41) is 7.72. The molecule has 0 amide bonds. The topological polar surface area (TPSA) is 37.3 Å². The van der Waals surface area contributed by atoms with Crippen LogP contribution in [0.3, 0.4) is 0 Å². The standard InChI is InChI=1S/C3H6O2.Sb/c1-2-3(4)5;/h2H2,1H3,(H,4,5);. The van der Waals surface area contributed by atoms with Crippen LogP contribution in [0, 0.1) is 0 Å². The van der Waals surface area contributed by atoms with Crippen LogP contribution in [-0.2, 0) is 4.79 Å². The molecule has 35 valence electrons. The molecule has 0 unspecified atom stereocenters. The Morgan fingerprint density at radius 3 is 2.00 bits per heavy atom. The van der Waals surface area contributed by atoms with Gasteiger partial charge in [-0.1, -0.05) is 6.92 Å². The number of carbonyl (C=O) groups is 1. The van der Waals surface area contributed by atoms with E-state index in [0.717, 1.165) is 0 Å². The van der Waals surface area contributed by atoms with Crippen molar-refractivity contribution < 1.29 is 9.90 Å². The first-order valence-electron chi connectivity index (χ1n) is 1.49. The van der Waals surface area contributed by atoms with Gasteiger partial charge in [-0.25, -0.2) is 0 Å². The molecule has 0 rings (SSSR count). The van der Waals surface area contributed by atoms with Gasteiger partial charge in [-0.2, -0.15) is 0 Å². The second-order valence-electron chi connectivity index (χ2n) is 0.747. The maximum absolute atomic E-state index is 9.37. The van der Waals surface area contributed by atoms with Gasteiger partial charge in [0.2, 0.25) is 0 Å². The monoisotopic (exact) mass is 195 g/mol. The summed E-state index contributed by atoms with van der Waals surface area (Å²) in [5.41, 5.74) is 0. The van der Waals surface area contributed by atoms with Crippen molar-refractivity contribution in [1.29, 1.82) is 0 Å². The fourth-order valence-electron chi connectivity index (χ4n) is 0. The third-order valence-electron chi connectivity index (χ3n) is 0.302. The van der Waals surface area contributed by atoms with Crippen LogP contribution in [0.5, 0.6) is 0 Å². The molecule has 0 saturated heterocycles. The zero-order valence-corrected chi connectivity index (χ0v) is 6.06. The van der Waals surface area contributed by atoms with Gasteiger partial charge in [0.25, 0.3) is 0 Å². The summed E-state index contributed by atoms with van der Waals surface area (Å²) in [6.45, 7) is 1.60. The molecule has 0 aliphatic carbocycles. The van der Waals surface area contributed by atoms with Crippen molar-refractivity contribution in [3.63, 3.8) is 0 Å². The minimum absolute atomic E-state index is 0. The maximum Gasteiger partial charge on any atom is 0.303 e. The van der Waals surface area contributed by atoms with Crippen LogP contribution in [-0.4, -0.2) is 35.5 Å². The Labute approximate surface area is 54.0 Å². The van der Waals surface area contributed by atoms with Crippen molar-refractivity contribution in [2.45, 2.75) is 13.3 Å². The normalized spacial score (nSPS) is 6.17. The maximum atomic E-state index is 9.37. The van der Waals surface area contributed by atoms with E-state index in [-0.39, 0.29) is 30.8 Å². The Kier molecular flexibility index (Phi) is 8.43. The number of carboxylic acid groups (broad SMARTS) is 1. The van der Waals surface area contributed by atoms with Gasteiger partial charge in [0.1, 0.15) is 0 Å². The second kappa shape index (κ2) is 5.29. The first kappa shape index (κ1) is 9.56. The molecule has 1 N–H and O–H groups in total. The molecule has 0 saturated carbocycles. The van der Waals surface area contributed by atoms with Gasteiger partial charge < -0.3 is 5.11 Å². The van der Waals surface area contributed by atoms with Gasteiger partial charge >= 0.3 is 5.97 Å². The zero-order valence-electron chi connectivity index (χ0n) is 3.51. The third-order valence-corrected chi connectivity index (χ3v) is 0.302. The average Bonchev–Trinajstić information content (AvgIpc) is 1.38. The van der Waals surface area contributed by atoms with Crippen LogP contribution in [0.4, 0.5) is 0 Å². The van der Waals surface area contributed by atoms with Crippen LogP contribution in [0.15, 0.2) is 0 Å². The zero-order chi connectivity index (χ0) is 4.28. The van der Waals surface area contributed by atoms with Crippen molar-refractivity contribution in [2.24, 2.45) is 0 Å². The van der Waals surface area contributed by atoms with Crippen LogP contribution in [0.2, 0.25) is 0 Å². The van der Waals surface area contributed by atoms with Crippen molar-refractivity contribution in [2.75, 3.05) is 0 Å². The molecule has 0 spiro atoms. The molecule has 0 fully saturated rings. The molecule has 2 nitrogen and oxygen atoms in total. The quantitative estimate of drug-likeness (QED) is 0.603. The summed E-state index contributed by atoms with van der Waals surface area (Å²) in [5.74, 6) is -0.745. The van der Waals surface area contributed by atoms with Gasteiger partial charge in [0.05, 0.1) is 0 Å². The molecular formula is C3H6O2Sb. The van der Waals surface area contributed by atoms with E-state index in [0.29, 0.717) is 0 Å². The van der Waals surface area contributed by atoms with E-state index in [1.807, 2.05) is 0 Å². The summed E-state index contributed by atoms with van der Waals surface area (Å²) in [6.07, 6.45) is 0.222. The summed E-state index contributed by atoms with van der Waals surface area (Å²) < 4.78 is 0. The van der Waals surface area contributed by atoms with Crippen LogP contribution < -0.4 is 0 Å². The largest absolute Gasteiger partial charge is 0.481 e. The predicted octanol–water partition coefficient (Wildman–Crippen LogP) is 0.100. The number of hydrogen-bond donors (Lipinski definition) is 1. The van der Waals surface area contributed by atoms with Crippen LogP contribution in [0.1, 0.15) is 13.3 Å². The molecule has 0 aromatic heterocycles. The van der Waals surface area contributed by atoms with Crippen molar-refractivity contribution in [1.82, 2.24) is 0 Å². The van der Waals surface area contributed by atoms with Gasteiger partial charge in [-0.05, 0) is 0 Å². The summed E-state index contributed by atoms with van der Waals surface area (Å²) in [4.78, 5) is 9.37. The van der Waals surface area contributed by atoms with Gasteiger partial charge in [0.15, 0.2) is 0 Å². The van der Waals surface area contributed by atoms with E-state index in [4.69, 9.17) is 5.11 Å². The van der Waals surface area contributed by atoms with E-state index in [9.17, 15) is 4.79 Å². The van der Waals surface area contributed by atoms with Crippen molar-refractivity contribution in [3.05, 3.63) is 0 Å². The van der Waals surface area contributed by atoms with Crippen LogP contribution in [0.25, 0.3) is 0 Å². The van der Waals surface area contributed by atoms with Crippen molar-refractivity contribution in [3.8, 4) is 0 Å². The minimum atomic E-state index is -0.745. The average molecular weight is 196 g/mol. The second-order valence-corrected chi connectivity index (χ2v) is 0.747. The Morgan fingerprint density at radius 1 is 1.83 bits per heavy atom. The molecule has 0 heterocycles. The van der Waals surface area contributed by atoms with Gasteiger partial charge in [0, 0.05) is 30.8 Å². The molecule has 0 aliphatic heterocycles. The molecule has 0 atom stereocenters. The Bertz CT molecular complexity index is 44.1. The first-order valence-corrected chi connectivity index (χ1v) is 1.49. The van der Waals surface area contributed by atoms with E-state index >= 15 is 0 Å². The van der Waals surface area contributed by atoms with Gasteiger partial charge in [-0.15, -0.1) is 0 Å². The Morgan fingerprint density at radius 2 is 2.00 bits per heavy atom. The molecule has 0 aliphatic rings. The molecule has 3 radical (unpaired) electrons. The van der Waals surface area contributed by atoms with Crippen molar-refractivity contribution >= 4 is 30.4 Å². The summed E-state index contributed by atoms with van der Waals surface area (Å²) >= 11 is 0. The van der Waals surface area contributed by atoms with E-state index in [1.165, 1.54) is 0 Å². The van der Waals surface area contributed by atoms with E-state index < -0.39 is 5.97 Å². The van der Waals surface area contributed by atoms with E-state index in [2.05, 4.69) is 0 Å². The predicted molar refractivity (Wildman–Crippen MR) is 23.7 cm³/mol.